The summed E-state index contributed by atoms with van der Waals surface area (Å²) in [5, 5.41) is 28.8. The molecule has 0 unspecified atom stereocenters. The van der Waals surface area contributed by atoms with Crippen molar-refractivity contribution in [3.05, 3.63) is 0 Å². The topological polar surface area (TPSA) is 103 Å². The molecule has 3 N–H and O–H groups in total. The van der Waals surface area contributed by atoms with Crippen LogP contribution in [0.5, 0.6) is 0 Å². The lowest BCUT2D eigenvalue weighted by molar-refractivity contribution is -0.125. The molecule has 0 saturated heterocycles. The molecule has 0 aliphatic carbocycles. The average Bonchev–Trinajstić information content (AvgIpc) is 2.25. The van der Waals surface area contributed by atoms with Crippen molar-refractivity contribution < 1.29 is 19.7 Å². The van der Waals surface area contributed by atoms with Gasteiger partial charge in [-0.3, -0.25) is 4.79 Å². The first-order valence-electron chi connectivity index (χ1n) is 4.61. The largest absolute Gasteiger partial charge is 0.394 e. The first-order valence-corrected chi connectivity index (χ1v) is 4.61. The number of aliphatic hydroxyl groups is 2. The predicted molar refractivity (Wildman–Crippen MR) is 51.8 cm³/mol. The van der Waals surface area contributed by atoms with Crippen LogP contribution < -0.4 is 5.32 Å². The molecular formula is C9H16N2O4. The average molecular weight is 216 g/mol. The van der Waals surface area contributed by atoms with E-state index in [0.29, 0.717) is 6.61 Å². The Morgan fingerprint density at radius 1 is 1.53 bits per heavy atom. The Morgan fingerprint density at radius 2 is 2.13 bits per heavy atom. The van der Waals surface area contributed by atoms with E-state index in [0.717, 1.165) is 0 Å². The lowest BCUT2D eigenvalue weighted by Crippen LogP contribution is -2.57. The van der Waals surface area contributed by atoms with Crippen LogP contribution in [0.2, 0.25) is 0 Å². The van der Waals surface area contributed by atoms with Crippen molar-refractivity contribution in [2.24, 2.45) is 0 Å². The monoisotopic (exact) mass is 216 g/mol. The highest BCUT2D eigenvalue weighted by Gasteiger charge is 2.30. The highest BCUT2D eigenvalue weighted by atomic mass is 16.5. The van der Waals surface area contributed by atoms with Crippen LogP contribution >= 0.6 is 0 Å². The van der Waals surface area contributed by atoms with Gasteiger partial charge in [-0.15, -0.1) is 0 Å². The van der Waals surface area contributed by atoms with Crippen LogP contribution in [-0.4, -0.2) is 48.1 Å². The maximum absolute atomic E-state index is 11.1. The maximum atomic E-state index is 11.1. The van der Waals surface area contributed by atoms with Crippen molar-refractivity contribution in [1.82, 2.24) is 5.32 Å². The summed E-state index contributed by atoms with van der Waals surface area (Å²) < 4.78 is 5.04. The predicted octanol–water partition coefficient (Wildman–Crippen LogP) is -1.22. The Morgan fingerprint density at radius 3 is 2.53 bits per heavy atom. The van der Waals surface area contributed by atoms with Crippen molar-refractivity contribution in [2.75, 3.05) is 26.4 Å². The number of hydrogen-bond donors (Lipinski definition) is 3. The number of hydrogen-bond acceptors (Lipinski definition) is 5. The summed E-state index contributed by atoms with van der Waals surface area (Å²) in [5.41, 5.74) is -1.20. The number of nitriles is 1. The molecule has 0 radical (unpaired) electrons. The molecule has 6 heteroatoms. The summed E-state index contributed by atoms with van der Waals surface area (Å²) in [4.78, 5) is 11.1. The Labute approximate surface area is 88.5 Å². The number of aliphatic hydroxyl groups excluding tert-OH is 2. The second-order valence-corrected chi connectivity index (χ2v) is 3.12. The molecule has 0 saturated carbocycles. The Balaban J connectivity index is 4.35. The van der Waals surface area contributed by atoms with Gasteiger partial charge in [0.1, 0.15) is 12.0 Å². The van der Waals surface area contributed by atoms with Gasteiger partial charge in [-0.1, -0.05) is 0 Å². The minimum atomic E-state index is -1.20. The fourth-order valence-corrected chi connectivity index (χ4v) is 0.966. The van der Waals surface area contributed by atoms with Gasteiger partial charge in [0.05, 0.1) is 25.9 Å². The quantitative estimate of drug-likeness (QED) is 0.495. The van der Waals surface area contributed by atoms with E-state index in [4.69, 9.17) is 20.2 Å². The third-order valence-corrected chi connectivity index (χ3v) is 1.83. The number of carbonyl (C=O) groups is 1. The van der Waals surface area contributed by atoms with E-state index in [-0.39, 0.29) is 13.0 Å². The first-order chi connectivity index (χ1) is 7.14. The fraction of sp³-hybridized carbons (Fsp3) is 0.778. The molecule has 86 valence electrons. The molecule has 0 aliphatic rings. The lowest BCUT2D eigenvalue weighted by atomic mass is 10.0. The summed E-state index contributed by atoms with van der Waals surface area (Å²) in [6.45, 7) is 1.29. The summed E-state index contributed by atoms with van der Waals surface area (Å²) in [5.74, 6) is -0.541. The van der Waals surface area contributed by atoms with Crippen LogP contribution in [0, 0.1) is 11.3 Å². The van der Waals surface area contributed by atoms with Crippen molar-refractivity contribution in [1.29, 1.82) is 5.26 Å². The molecule has 6 nitrogen and oxygen atoms in total. The number of ether oxygens (including phenoxy) is 1. The van der Waals surface area contributed by atoms with Gasteiger partial charge in [0.25, 0.3) is 0 Å². The molecule has 0 atom stereocenters. The molecule has 0 aromatic rings. The minimum Gasteiger partial charge on any atom is -0.394 e. The maximum Gasteiger partial charge on any atom is 0.234 e. The van der Waals surface area contributed by atoms with Gasteiger partial charge in [-0.25, -0.2) is 0 Å². The molecule has 0 spiro atoms. The van der Waals surface area contributed by atoms with Crippen LogP contribution in [0.15, 0.2) is 0 Å². The highest BCUT2D eigenvalue weighted by Crippen LogP contribution is 2.04. The number of amides is 1. The summed E-state index contributed by atoms with van der Waals surface area (Å²) in [7, 11) is 0. The molecule has 0 fully saturated rings. The van der Waals surface area contributed by atoms with E-state index >= 15 is 0 Å². The third-order valence-electron chi connectivity index (χ3n) is 1.83. The van der Waals surface area contributed by atoms with Gasteiger partial charge in [-0.2, -0.15) is 5.26 Å². The van der Waals surface area contributed by atoms with Gasteiger partial charge in [0.15, 0.2) is 0 Å². The minimum absolute atomic E-state index is 0.00761. The van der Waals surface area contributed by atoms with E-state index in [1.807, 2.05) is 0 Å². The second kappa shape index (κ2) is 7.17. The van der Waals surface area contributed by atoms with Gasteiger partial charge in [-0.05, 0) is 6.92 Å². The SMILES string of the molecule is CCOCC(CO)(CO)NC(=O)CC#N. The lowest BCUT2D eigenvalue weighted by Gasteiger charge is -2.30. The van der Waals surface area contributed by atoms with E-state index < -0.39 is 24.7 Å². The van der Waals surface area contributed by atoms with Crippen LogP contribution in [0.4, 0.5) is 0 Å². The van der Waals surface area contributed by atoms with Crippen LogP contribution in [0.3, 0.4) is 0 Å². The van der Waals surface area contributed by atoms with Crippen molar-refractivity contribution >= 4 is 5.91 Å². The van der Waals surface area contributed by atoms with E-state index in [1.165, 1.54) is 0 Å². The fourth-order valence-electron chi connectivity index (χ4n) is 0.966. The third kappa shape index (κ3) is 4.74. The van der Waals surface area contributed by atoms with Gasteiger partial charge < -0.3 is 20.3 Å². The van der Waals surface area contributed by atoms with Gasteiger partial charge in [0.2, 0.25) is 5.91 Å². The Kier molecular flexibility index (Phi) is 6.62. The molecule has 0 aliphatic heterocycles. The summed E-state index contributed by atoms with van der Waals surface area (Å²) in [6, 6.07) is 1.68. The second-order valence-electron chi connectivity index (χ2n) is 3.12. The molecule has 0 aromatic carbocycles. The van der Waals surface area contributed by atoms with E-state index in [1.54, 1.807) is 13.0 Å². The molecule has 15 heavy (non-hydrogen) atoms. The molecule has 0 rings (SSSR count). The van der Waals surface area contributed by atoms with E-state index in [9.17, 15) is 4.79 Å². The number of carbonyl (C=O) groups excluding carboxylic acids is 1. The van der Waals surface area contributed by atoms with Crippen LogP contribution in [-0.2, 0) is 9.53 Å². The molecule has 1 amide bonds. The number of nitrogens with one attached hydrogen (secondary N) is 1. The standard InChI is InChI=1S/C9H16N2O4/c1-2-15-7-9(5-12,6-13)11-8(14)3-4-10/h12-13H,2-3,5-7H2,1H3,(H,11,14). The number of nitrogens with zero attached hydrogens (tertiary/aromatic N) is 1. The molecule has 0 bridgehead atoms. The number of rotatable bonds is 7. The normalized spacial score (nSPS) is 10.8. The van der Waals surface area contributed by atoms with Gasteiger partial charge in [0, 0.05) is 6.61 Å². The smallest absolute Gasteiger partial charge is 0.234 e. The highest BCUT2D eigenvalue weighted by molar-refractivity contribution is 5.78. The zero-order valence-corrected chi connectivity index (χ0v) is 8.69. The summed E-state index contributed by atoms with van der Waals surface area (Å²) in [6.07, 6.45) is -0.312. The zero-order chi connectivity index (χ0) is 11.7. The van der Waals surface area contributed by atoms with Crippen LogP contribution in [0.1, 0.15) is 13.3 Å². The van der Waals surface area contributed by atoms with Crippen molar-refractivity contribution in [2.45, 2.75) is 18.9 Å². The zero-order valence-electron chi connectivity index (χ0n) is 8.69. The van der Waals surface area contributed by atoms with Crippen LogP contribution in [0.25, 0.3) is 0 Å². The Hall–Kier alpha value is -1.16. The molecule has 0 aromatic heterocycles. The van der Waals surface area contributed by atoms with Crippen molar-refractivity contribution in [3.63, 3.8) is 0 Å². The molecule has 0 heterocycles. The Bertz CT molecular complexity index is 233. The van der Waals surface area contributed by atoms with Crippen molar-refractivity contribution in [3.8, 4) is 6.07 Å². The first kappa shape index (κ1) is 13.8. The van der Waals surface area contributed by atoms with Gasteiger partial charge >= 0.3 is 0 Å². The summed E-state index contributed by atoms with van der Waals surface area (Å²) >= 11 is 0. The molecular weight excluding hydrogens is 200 g/mol. The van der Waals surface area contributed by atoms with E-state index in [2.05, 4.69) is 5.32 Å².